The highest BCUT2D eigenvalue weighted by Gasteiger charge is 2.39. The monoisotopic (exact) mass is 714 g/mol. The van der Waals surface area contributed by atoms with Gasteiger partial charge in [0.25, 0.3) is 0 Å². The van der Waals surface area contributed by atoms with Gasteiger partial charge in [-0.2, -0.15) is 0 Å². The summed E-state index contributed by atoms with van der Waals surface area (Å²) in [6.45, 7) is 9.10. The van der Waals surface area contributed by atoms with E-state index in [2.05, 4.69) is 159 Å². The van der Waals surface area contributed by atoms with E-state index in [9.17, 15) is 9.59 Å². The Morgan fingerprint density at radius 3 is 0.982 bits per heavy atom. The summed E-state index contributed by atoms with van der Waals surface area (Å²) in [5.74, 6) is -1.24. The zero-order valence-electron chi connectivity index (χ0n) is 31.1. The smallest absolute Gasteiger partial charge is 0.347 e. The maximum atomic E-state index is 13.4. The second-order valence-electron chi connectivity index (χ2n) is 15.7. The second kappa shape index (κ2) is 11.9. The largest absolute Gasteiger partial charge is 0.386 e. The Morgan fingerprint density at radius 1 is 0.382 bits per heavy atom. The number of hydrogen-bond acceptors (Lipinski definition) is 5. The summed E-state index contributed by atoms with van der Waals surface area (Å²) < 4.78 is 5.29. The molecule has 5 nitrogen and oxygen atoms in total. The minimum Gasteiger partial charge on any atom is -0.386 e. The van der Waals surface area contributed by atoms with Gasteiger partial charge in [0.1, 0.15) is 0 Å². The molecule has 0 saturated heterocycles. The maximum absolute atomic E-state index is 13.4. The maximum Gasteiger partial charge on any atom is 0.347 e. The molecular formula is C50H38N2O3. The zero-order valence-corrected chi connectivity index (χ0v) is 31.1. The van der Waals surface area contributed by atoms with Crippen LogP contribution in [0.3, 0.4) is 0 Å². The molecule has 5 heteroatoms. The molecule has 0 atom stereocenters. The summed E-state index contributed by atoms with van der Waals surface area (Å²) in [5, 5.41) is 0. The number of carbonyl (C=O) groups excluding carboxylic acids is 2. The number of ether oxygens (including phenoxy) is 1. The van der Waals surface area contributed by atoms with Gasteiger partial charge in [0, 0.05) is 22.2 Å². The first-order chi connectivity index (χ1) is 26.6. The van der Waals surface area contributed by atoms with E-state index in [-0.39, 0.29) is 10.8 Å². The number of para-hydroxylation sites is 4. The van der Waals surface area contributed by atoms with E-state index >= 15 is 0 Å². The summed E-state index contributed by atoms with van der Waals surface area (Å²) in [4.78, 5) is 31.4. The van der Waals surface area contributed by atoms with Crippen LogP contribution in [0.4, 0.5) is 34.1 Å². The van der Waals surface area contributed by atoms with E-state index in [0.29, 0.717) is 22.3 Å². The van der Waals surface area contributed by atoms with Gasteiger partial charge in [-0.25, -0.2) is 9.59 Å². The van der Waals surface area contributed by atoms with Gasteiger partial charge in [0.05, 0.1) is 33.9 Å². The molecule has 3 aliphatic heterocycles. The van der Waals surface area contributed by atoms with Gasteiger partial charge in [-0.05, 0) is 93.0 Å². The van der Waals surface area contributed by atoms with Crippen molar-refractivity contribution in [1.82, 2.24) is 0 Å². The summed E-state index contributed by atoms with van der Waals surface area (Å²) in [7, 11) is 0. The first-order valence-corrected chi connectivity index (χ1v) is 18.8. The number of rotatable bonds is 4. The van der Waals surface area contributed by atoms with Crippen LogP contribution in [0.5, 0.6) is 0 Å². The van der Waals surface area contributed by atoms with E-state index in [1.54, 1.807) is 0 Å². The Bertz CT molecular complexity index is 2440. The van der Waals surface area contributed by atoms with E-state index in [4.69, 9.17) is 4.74 Å². The highest BCUT2D eigenvalue weighted by Crippen LogP contribution is 2.53. The fourth-order valence-electron chi connectivity index (χ4n) is 9.17. The predicted molar refractivity (Wildman–Crippen MR) is 221 cm³/mol. The first kappa shape index (κ1) is 32.9. The van der Waals surface area contributed by atoms with Crippen LogP contribution in [-0.4, -0.2) is 11.9 Å². The molecule has 0 bridgehead atoms. The normalized spacial score (nSPS) is 15.7. The fraction of sp³-hybridized carbons (Fsp3) is 0.120. The third-order valence-electron chi connectivity index (χ3n) is 11.9. The molecule has 7 aromatic rings. The number of hydrogen-bond donors (Lipinski definition) is 0. The molecular weight excluding hydrogens is 677 g/mol. The minimum absolute atomic E-state index is 0.152. The van der Waals surface area contributed by atoms with Gasteiger partial charge in [0.2, 0.25) is 0 Å². The molecule has 266 valence electrons. The standard InChI is InChI=1S/C50H38N2O3/c1-49(2)37-13-5-9-17-41(37)51(42-18-10-6-14-38(42)49)33-25-21-31(22-26-33)35-29-30-36(46-45(35)47(53)55-48(46)54)32-23-27-34(28-24-32)52-43-19-11-7-15-39(43)50(3,4)40-16-8-12-20-44(40)52/h5-30H,1-4H3. The third kappa shape index (κ3) is 4.79. The van der Waals surface area contributed by atoms with Crippen LogP contribution in [0.1, 0.15) is 70.7 Å². The quantitative estimate of drug-likeness (QED) is 0.134. The van der Waals surface area contributed by atoms with Crippen LogP contribution in [0.25, 0.3) is 22.3 Å². The summed E-state index contributed by atoms with van der Waals surface area (Å²) in [6, 6.07) is 54.5. The lowest BCUT2D eigenvalue weighted by Gasteiger charge is -2.42. The van der Waals surface area contributed by atoms with Crippen molar-refractivity contribution < 1.29 is 14.3 Å². The third-order valence-corrected chi connectivity index (χ3v) is 11.9. The molecule has 0 aliphatic carbocycles. The van der Waals surface area contributed by atoms with Crippen LogP contribution in [0, 0.1) is 0 Å². The highest BCUT2D eigenvalue weighted by atomic mass is 16.6. The lowest BCUT2D eigenvalue weighted by Crippen LogP contribution is -2.30. The van der Waals surface area contributed by atoms with Gasteiger partial charge < -0.3 is 14.5 Å². The first-order valence-electron chi connectivity index (χ1n) is 18.8. The van der Waals surface area contributed by atoms with E-state index in [1.165, 1.54) is 22.3 Å². The fourth-order valence-corrected chi connectivity index (χ4v) is 9.17. The Balaban J connectivity index is 1.02. The Kier molecular flexibility index (Phi) is 7.11. The van der Waals surface area contributed by atoms with E-state index in [0.717, 1.165) is 45.3 Å². The molecule has 0 unspecified atom stereocenters. The molecule has 3 aliphatic rings. The molecule has 3 heterocycles. The molecule has 0 N–H and O–H groups in total. The van der Waals surface area contributed by atoms with Crippen LogP contribution in [0.15, 0.2) is 158 Å². The van der Waals surface area contributed by atoms with Gasteiger partial charge in [-0.3, -0.25) is 0 Å². The van der Waals surface area contributed by atoms with Crippen molar-refractivity contribution >= 4 is 46.1 Å². The average molecular weight is 715 g/mol. The zero-order chi connectivity index (χ0) is 37.6. The molecule has 0 spiro atoms. The predicted octanol–water partition coefficient (Wildman–Crippen LogP) is 12.5. The number of nitrogens with zero attached hydrogens (tertiary/aromatic N) is 2. The van der Waals surface area contributed by atoms with Crippen LogP contribution in [0.2, 0.25) is 0 Å². The second-order valence-corrected chi connectivity index (χ2v) is 15.7. The number of esters is 2. The highest BCUT2D eigenvalue weighted by molar-refractivity contribution is 6.21. The molecule has 0 radical (unpaired) electrons. The van der Waals surface area contributed by atoms with Gasteiger partial charge in [0.15, 0.2) is 0 Å². The average Bonchev–Trinajstić information content (AvgIpc) is 3.52. The van der Waals surface area contributed by atoms with Gasteiger partial charge in [-0.1, -0.05) is 137 Å². The number of anilines is 6. The van der Waals surface area contributed by atoms with E-state index < -0.39 is 11.9 Å². The number of fused-ring (bicyclic) bond motifs is 5. The lowest BCUT2D eigenvalue weighted by molar-refractivity contribution is 0.0444. The van der Waals surface area contributed by atoms with Crippen molar-refractivity contribution in [3.63, 3.8) is 0 Å². The van der Waals surface area contributed by atoms with Gasteiger partial charge >= 0.3 is 11.9 Å². The minimum atomic E-state index is -0.622. The number of benzene rings is 7. The van der Waals surface area contributed by atoms with Gasteiger partial charge in [-0.15, -0.1) is 0 Å². The summed E-state index contributed by atoms with van der Waals surface area (Å²) in [5.41, 5.74) is 14.9. The lowest BCUT2D eigenvalue weighted by atomic mass is 9.73. The van der Waals surface area contributed by atoms with Crippen molar-refractivity contribution in [2.24, 2.45) is 0 Å². The van der Waals surface area contributed by atoms with Crippen LogP contribution < -0.4 is 9.80 Å². The van der Waals surface area contributed by atoms with Crippen LogP contribution in [-0.2, 0) is 15.6 Å². The SMILES string of the molecule is CC1(C)c2ccccc2N(c2ccc(-c3ccc(-c4ccc(N5c6ccccc6C(C)(C)c6ccccc65)cc4)c4c3C(=O)OC4=O)cc2)c2ccccc21. The number of carbonyl (C=O) groups is 2. The van der Waals surface area contributed by atoms with Crippen LogP contribution >= 0.6 is 0 Å². The molecule has 7 aromatic carbocycles. The molecule has 0 amide bonds. The van der Waals surface area contributed by atoms with Crippen molar-refractivity contribution in [2.45, 2.75) is 38.5 Å². The molecule has 0 aromatic heterocycles. The summed E-state index contributed by atoms with van der Waals surface area (Å²) >= 11 is 0. The summed E-state index contributed by atoms with van der Waals surface area (Å²) in [6.07, 6.45) is 0. The molecule has 0 fully saturated rings. The Morgan fingerprint density at radius 2 is 0.673 bits per heavy atom. The Hall–Kier alpha value is -6.72. The van der Waals surface area contributed by atoms with Crippen molar-refractivity contribution in [3.05, 3.63) is 191 Å². The van der Waals surface area contributed by atoms with Crippen molar-refractivity contribution in [2.75, 3.05) is 9.80 Å². The molecule has 10 rings (SSSR count). The van der Waals surface area contributed by atoms with E-state index in [1.807, 2.05) is 36.4 Å². The molecule has 0 saturated carbocycles. The Labute approximate surface area is 321 Å². The van der Waals surface area contributed by atoms with Crippen molar-refractivity contribution in [1.29, 1.82) is 0 Å². The topological polar surface area (TPSA) is 49.9 Å². The molecule has 55 heavy (non-hydrogen) atoms. The van der Waals surface area contributed by atoms with Crippen molar-refractivity contribution in [3.8, 4) is 22.3 Å². The number of cyclic esters (lactones) is 2.